The van der Waals surface area contributed by atoms with Gasteiger partial charge in [-0.1, -0.05) is 17.7 Å². The molecule has 0 N–H and O–H groups in total. The number of nitrogens with zero attached hydrogens (tertiary/aromatic N) is 4. The van der Waals surface area contributed by atoms with Crippen LogP contribution in [0.15, 0.2) is 36.7 Å². The minimum atomic E-state index is -0.513. The van der Waals surface area contributed by atoms with E-state index in [2.05, 4.69) is 14.9 Å². The van der Waals surface area contributed by atoms with Crippen LogP contribution in [0.2, 0.25) is 5.02 Å². The van der Waals surface area contributed by atoms with Crippen LogP contribution in [0, 0.1) is 0 Å². The highest BCUT2D eigenvalue weighted by Crippen LogP contribution is 2.25. The first-order valence-electron chi connectivity index (χ1n) is 8.39. The van der Waals surface area contributed by atoms with Crippen LogP contribution in [-0.2, 0) is 4.79 Å². The predicted octanol–water partition coefficient (Wildman–Crippen LogP) is 3.59. The molecule has 6 nitrogen and oxygen atoms in total. The molecule has 1 aliphatic rings. The number of hydrogen-bond acceptors (Lipinski definition) is 5. The third-order valence-electron chi connectivity index (χ3n) is 4.22. The summed E-state index contributed by atoms with van der Waals surface area (Å²) >= 11 is 11.9. The summed E-state index contributed by atoms with van der Waals surface area (Å²) in [7, 11) is 0. The molecule has 0 spiro atoms. The van der Waals surface area contributed by atoms with Gasteiger partial charge in [-0.15, -0.1) is 11.6 Å². The lowest BCUT2D eigenvalue weighted by molar-refractivity contribution is -0.132. The van der Waals surface area contributed by atoms with Crippen molar-refractivity contribution in [3.05, 3.63) is 41.7 Å². The largest absolute Gasteiger partial charge is 0.439 e. The molecular weight excluding hydrogens is 375 g/mol. The molecule has 1 saturated heterocycles. The highest BCUT2D eigenvalue weighted by atomic mass is 35.5. The average molecular weight is 395 g/mol. The van der Waals surface area contributed by atoms with Gasteiger partial charge in [-0.25, -0.2) is 9.97 Å². The third-order valence-corrected chi connectivity index (χ3v) is 4.64. The summed E-state index contributed by atoms with van der Waals surface area (Å²) in [4.78, 5) is 24.6. The zero-order valence-corrected chi connectivity index (χ0v) is 16.1. The number of benzene rings is 1. The van der Waals surface area contributed by atoms with Gasteiger partial charge < -0.3 is 14.5 Å². The fourth-order valence-electron chi connectivity index (χ4n) is 2.93. The van der Waals surface area contributed by atoms with E-state index < -0.39 is 5.38 Å². The van der Waals surface area contributed by atoms with Gasteiger partial charge in [-0.05, 0) is 32.0 Å². The number of ether oxygens (including phenoxy) is 1. The molecule has 2 unspecified atom stereocenters. The molecular formula is C18H20Cl2N4O2. The van der Waals surface area contributed by atoms with Crippen molar-refractivity contribution in [2.75, 3.05) is 24.5 Å². The molecule has 2 heterocycles. The Hall–Kier alpha value is -2.05. The number of rotatable bonds is 4. The second kappa shape index (κ2) is 8.10. The molecule has 1 amide bonds. The van der Waals surface area contributed by atoms with Crippen LogP contribution in [-0.4, -0.2) is 51.8 Å². The average Bonchev–Trinajstić information content (AvgIpc) is 2.61. The Kier molecular flexibility index (Phi) is 5.84. The Morgan fingerprint density at radius 1 is 1.31 bits per heavy atom. The Morgan fingerprint density at radius 3 is 2.81 bits per heavy atom. The Morgan fingerprint density at radius 2 is 2.12 bits per heavy atom. The normalized spacial score (nSPS) is 18.5. The number of halogens is 2. The number of piperazine rings is 1. The number of carbonyl (C=O) groups excluding carboxylic acids is 1. The van der Waals surface area contributed by atoms with E-state index in [0.29, 0.717) is 36.3 Å². The van der Waals surface area contributed by atoms with E-state index in [1.54, 1.807) is 25.1 Å². The summed E-state index contributed by atoms with van der Waals surface area (Å²) < 4.78 is 5.76. The van der Waals surface area contributed by atoms with E-state index in [4.69, 9.17) is 27.9 Å². The van der Waals surface area contributed by atoms with Crippen molar-refractivity contribution in [3.8, 4) is 11.6 Å². The second-order valence-corrected chi connectivity index (χ2v) is 7.31. The first-order chi connectivity index (χ1) is 12.4. The first-order valence-corrected chi connectivity index (χ1v) is 9.20. The number of anilines is 1. The van der Waals surface area contributed by atoms with Crippen LogP contribution in [0.3, 0.4) is 0 Å². The van der Waals surface area contributed by atoms with Crippen molar-refractivity contribution >= 4 is 34.9 Å². The second-order valence-electron chi connectivity index (χ2n) is 6.22. The zero-order chi connectivity index (χ0) is 18.7. The van der Waals surface area contributed by atoms with Crippen LogP contribution in [0.1, 0.15) is 13.8 Å². The number of alkyl halides is 1. The maximum Gasteiger partial charge on any atom is 0.240 e. The molecule has 0 bridgehead atoms. The molecule has 1 fully saturated rings. The molecule has 138 valence electrons. The van der Waals surface area contributed by atoms with Crippen LogP contribution < -0.4 is 9.64 Å². The molecule has 1 aromatic heterocycles. The molecule has 0 aliphatic carbocycles. The minimum Gasteiger partial charge on any atom is -0.439 e. The van der Waals surface area contributed by atoms with Crippen molar-refractivity contribution in [3.63, 3.8) is 0 Å². The molecule has 0 saturated carbocycles. The van der Waals surface area contributed by atoms with Gasteiger partial charge >= 0.3 is 0 Å². The Labute approximate surface area is 162 Å². The van der Waals surface area contributed by atoms with Gasteiger partial charge in [0.05, 0.1) is 0 Å². The lowest BCUT2D eigenvalue weighted by Crippen LogP contribution is -2.55. The smallest absolute Gasteiger partial charge is 0.240 e. The van der Waals surface area contributed by atoms with E-state index in [-0.39, 0.29) is 11.9 Å². The van der Waals surface area contributed by atoms with Gasteiger partial charge in [-0.3, -0.25) is 4.79 Å². The van der Waals surface area contributed by atoms with Crippen LogP contribution in [0.4, 0.5) is 5.82 Å². The quantitative estimate of drug-likeness (QED) is 0.741. The van der Waals surface area contributed by atoms with E-state index in [1.807, 2.05) is 24.0 Å². The standard InChI is InChI=1S/C18H20Cl2N4O2/c1-12-10-23(6-7-24(12)18(25)13(2)19)16-9-17(22-11-21-16)26-15-5-3-4-14(20)8-15/h3-5,8-9,11-13H,6-7,10H2,1-2H3. The van der Waals surface area contributed by atoms with Gasteiger partial charge in [0.25, 0.3) is 0 Å². The highest BCUT2D eigenvalue weighted by molar-refractivity contribution is 6.30. The molecule has 0 radical (unpaired) electrons. The lowest BCUT2D eigenvalue weighted by Gasteiger charge is -2.40. The number of aromatic nitrogens is 2. The van der Waals surface area contributed by atoms with Crippen LogP contribution in [0.25, 0.3) is 0 Å². The summed E-state index contributed by atoms with van der Waals surface area (Å²) in [5.41, 5.74) is 0. The molecule has 1 aliphatic heterocycles. The zero-order valence-electron chi connectivity index (χ0n) is 14.6. The van der Waals surface area contributed by atoms with Gasteiger partial charge in [-0.2, -0.15) is 0 Å². The molecule has 8 heteroatoms. The van der Waals surface area contributed by atoms with E-state index in [0.717, 1.165) is 5.82 Å². The van der Waals surface area contributed by atoms with Crippen molar-refractivity contribution in [1.29, 1.82) is 0 Å². The summed E-state index contributed by atoms with van der Waals surface area (Å²) in [6, 6.07) is 8.97. The lowest BCUT2D eigenvalue weighted by atomic mass is 10.1. The summed E-state index contributed by atoms with van der Waals surface area (Å²) in [6.45, 7) is 5.66. The van der Waals surface area contributed by atoms with Gasteiger partial charge in [0.2, 0.25) is 11.8 Å². The maximum absolute atomic E-state index is 12.2. The van der Waals surface area contributed by atoms with Gasteiger partial charge in [0.1, 0.15) is 23.3 Å². The summed E-state index contributed by atoms with van der Waals surface area (Å²) in [6.07, 6.45) is 1.47. The molecule has 1 aromatic carbocycles. The Bertz CT molecular complexity index is 787. The van der Waals surface area contributed by atoms with Crippen LogP contribution >= 0.6 is 23.2 Å². The fourth-order valence-corrected chi connectivity index (χ4v) is 3.24. The summed E-state index contributed by atoms with van der Waals surface area (Å²) in [5, 5.41) is 0.0839. The number of amides is 1. The van der Waals surface area contributed by atoms with Crippen molar-refractivity contribution in [2.45, 2.75) is 25.3 Å². The minimum absolute atomic E-state index is 0.0357. The molecule has 2 aromatic rings. The third kappa shape index (κ3) is 4.37. The number of hydrogen-bond donors (Lipinski definition) is 0. The van der Waals surface area contributed by atoms with Crippen molar-refractivity contribution < 1.29 is 9.53 Å². The van der Waals surface area contributed by atoms with Crippen molar-refractivity contribution in [2.24, 2.45) is 0 Å². The topological polar surface area (TPSA) is 58.6 Å². The maximum atomic E-state index is 12.2. The molecule has 2 atom stereocenters. The van der Waals surface area contributed by atoms with Gasteiger partial charge in [0.15, 0.2) is 0 Å². The highest BCUT2D eigenvalue weighted by Gasteiger charge is 2.30. The van der Waals surface area contributed by atoms with E-state index >= 15 is 0 Å². The molecule has 3 rings (SSSR count). The fraction of sp³-hybridized carbons (Fsp3) is 0.389. The van der Waals surface area contributed by atoms with E-state index in [9.17, 15) is 4.79 Å². The summed E-state index contributed by atoms with van der Waals surface area (Å²) in [5.74, 6) is 1.78. The predicted molar refractivity (Wildman–Crippen MR) is 102 cm³/mol. The van der Waals surface area contributed by atoms with Crippen LogP contribution in [0.5, 0.6) is 11.6 Å². The molecule has 26 heavy (non-hydrogen) atoms. The first kappa shape index (κ1) is 18.7. The monoisotopic (exact) mass is 394 g/mol. The van der Waals surface area contributed by atoms with Crippen molar-refractivity contribution in [1.82, 2.24) is 14.9 Å². The Balaban J connectivity index is 1.70. The van der Waals surface area contributed by atoms with E-state index in [1.165, 1.54) is 6.33 Å². The SMILES string of the molecule is CC(Cl)C(=O)N1CCN(c2cc(Oc3cccc(Cl)c3)ncn2)CC1C. The van der Waals surface area contributed by atoms with Gasteiger partial charge in [0, 0.05) is 36.8 Å². The number of carbonyl (C=O) groups is 1.